The van der Waals surface area contributed by atoms with Gasteiger partial charge in [0.15, 0.2) is 17.5 Å². The van der Waals surface area contributed by atoms with Crippen molar-refractivity contribution in [2.24, 2.45) is 4.99 Å². The van der Waals surface area contributed by atoms with Crippen LogP contribution in [0.4, 0.5) is 0 Å². The Bertz CT molecular complexity index is 764. The molecule has 1 unspecified atom stereocenters. The number of guanidine groups is 1. The summed E-state index contributed by atoms with van der Waals surface area (Å²) >= 11 is 1.84. The molecule has 28 heavy (non-hydrogen) atoms. The van der Waals surface area contributed by atoms with Crippen molar-refractivity contribution in [2.75, 3.05) is 27.9 Å². The lowest BCUT2D eigenvalue weighted by molar-refractivity contribution is 0.324. The largest absolute Gasteiger partial charge is 0.493 e. The van der Waals surface area contributed by atoms with Crippen LogP contribution in [0.3, 0.4) is 0 Å². The minimum atomic E-state index is 0.274. The molecule has 7 heteroatoms. The molecule has 154 valence electrons. The first-order valence-electron chi connectivity index (χ1n) is 9.39. The molecule has 0 fully saturated rings. The maximum atomic E-state index is 5.42. The molecule has 0 bridgehead atoms. The monoisotopic (exact) mass is 405 g/mol. The van der Waals surface area contributed by atoms with Crippen LogP contribution < -0.4 is 24.8 Å². The molecular formula is C21H31N3O3S. The highest BCUT2D eigenvalue weighted by molar-refractivity contribution is 7.11. The molecule has 0 aliphatic rings. The zero-order valence-electron chi connectivity index (χ0n) is 17.6. The number of nitrogens with one attached hydrogen (secondary N) is 2. The van der Waals surface area contributed by atoms with Crippen LogP contribution in [0.1, 0.15) is 29.2 Å². The van der Waals surface area contributed by atoms with E-state index in [-0.39, 0.29) is 6.04 Å². The van der Waals surface area contributed by atoms with E-state index in [4.69, 9.17) is 19.2 Å². The van der Waals surface area contributed by atoms with Crippen LogP contribution in [-0.4, -0.2) is 39.9 Å². The van der Waals surface area contributed by atoms with Gasteiger partial charge in [0.2, 0.25) is 5.75 Å². The van der Waals surface area contributed by atoms with E-state index in [1.54, 1.807) is 21.3 Å². The van der Waals surface area contributed by atoms with Crippen molar-refractivity contribution in [1.82, 2.24) is 10.6 Å². The lowest BCUT2D eigenvalue weighted by Gasteiger charge is -2.18. The molecule has 2 N–H and O–H groups in total. The number of rotatable bonds is 9. The number of aliphatic imine (C=N–C) groups is 1. The Hall–Kier alpha value is -2.41. The molecule has 1 atom stereocenters. The van der Waals surface area contributed by atoms with Gasteiger partial charge in [0.1, 0.15) is 0 Å². The molecule has 0 spiro atoms. The fourth-order valence-electron chi connectivity index (χ4n) is 2.90. The molecule has 1 aromatic heterocycles. The van der Waals surface area contributed by atoms with Crippen LogP contribution in [0.25, 0.3) is 0 Å². The van der Waals surface area contributed by atoms with E-state index >= 15 is 0 Å². The second kappa shape index (κ2) is 10.8. The minimum Gasteiger partial charge on any atom is -0.493 e. The zero-order valence-corrected chi connectivity index (χ0v) is 18.4. The van der Waals surface area contributed by atoms with Gasteiger partial charge < -0.3 is 24.8 Å². The summed E-state index contributed by atoms with van der Waals surface area (Å²) in [5.74, 6) is 2.64. The van der Waals surface area contributed by atoms with Gasteiger partial charge in [0, 0.05) is 28.8 Å². The lowest BCUT2D eigenvalue weighted by atomic mass is 10.2. The van der Waals surface area contributed by atoms with Gasteiger partial charge in [-0.3, -0.25) is 0 Å². The highest BCUT2D eigenvalue weighted by Crippen LogP contribution is 2.38. The van der Waals surface area contributed by atoms with Crippen molar-refractivity contribution in [3.63, 3.8) is 0 Å². The summed E-state index contributed by atoms with van der Waals surface area (Å²) in [4.78, 5) is 7.43. The second-order valence-electron chi connectivity index (χ2n) is 6.49. The zero-order chi connectivity index (χ0) is 20.5. The molecule has 0 aliphatic heterocycles. The Morgan fingerprint density at radius 3 is 2.29 bits per heavy atom. The van der Waals surface area contributed by atoms with Crippen molar-refractivity contribution in [3.8, 4) is 17.2 Å². The van der Waals surface area contributed by atoms with E-state index in [2.05, 4.69) is 43.5 Å². The highest BCUT2D eigenvalue weighted by atomic mass is 32.1. The smallest absolute Gasteiger partial charge is 0.203 e. The predicted octanol–water partition coefficient (Wildman–Crippen LogP) is 3.77. The van der Waals surface area contributed by atoms with E-state index in [9.17, 15) is 0 Å². The maximum Gasteiger partial charge on any atom is 0.203 e. The molecule has 1 aromatic carbocycles. The summed E-state index contributed by atoms with van der Waals surface area (Å²) in [6, 6.07) is 8.48. The van der Waals surface area contributed by atoms with Crippen molar-refractivity contribution in [1.29, 1.82) is 0 Å². The first-order chi connectivity index (χ1) is 13.5. The molecule has 0 aliphatic carbocycles. The fraction of sp³-hybridized carbons (Fsp3) is 0.476. The number of thiophene rings is 1. The molecule has 2 rings (SSSR count). The topological polar surface area (TPSA) is 64.1 Å². The van der Waals surface area contributed by atoms with Gasteiger partial charge in [-0.2, -0.15) is 0 Å². The Morgan fingerprint density at radius 2 is 1.79 bits per heavy atom. The minimum absolute atomic E-state index is 0.274. The van der Waals surface area contributed by atoms with Crippen LogP contribution in [-0.2, 0) is 13.0 Å². The number of hydrogen-bond donors (Lipinski definition) is 2. The molecule has 1 heterocycles. The van der Waals surface area contributed by atoms with Crippen molar-refractivity contribution >= 4 is 17.3 Å². The number of methoxy groups -OCH3 is 3. The predicted molar refractivity (Wildman–Crippen MR) is 116 cm³/mol. The fourth-order valence-corrected chi connectivity index (χ4v) is 3.92. The maximum absolute atomic E-state index is 5.42. The molecule has 0 radical (unpaired) electrons. The van der Waals surface area contributed by atoms with E-state index in [1.807, 2.05) is 23.5 Å². The van der Waals surface area contributed by atoms with Gasteiger partial charge in [-0.05, 0) is 50.6 Å². The van der Waals surface area contributed by atoms with Gasteiger partial charge >= 0.3 is 0 Å². The quantitative estimate of drug-likeness (QED) is 0.491. The highest BCUT2D eigenvalue weighted by Gasteiger charge is 2.13. The van der Waals surface area contributed by atoms with E-state index in [0.29, 0.717) is 23.8 Å². The summed E-state index contributed by atoms with van der Waals surface area (Å²) in [6.45, 7) is 7.66. The second-order valence-corrected chi connectivity index (χ2v) is 7.86. The Labute approximate surface area is 171 Å². The third-order valence-electron chi connectivity index (χ3n) is 4.17. The molecule has 6 nitrogen and oxygen atoms in total. The summed E-state index contributed by atoms with van der Waals surface area (Å²) in [5, 5.41) is 6.79. The van der Waals surface area contributed by atoms with Crippen molar-refractivity contribution < 1.29 is 14.2 Å². The Morgan fingerprint density at radius 1 is 1.11 bits per heavy atom. The molecule has 0 amide bonds. The first kappa shape index (κ1) is 21.9. The van der Waals surface area contributed by atoms with Crippen LogP contribution >= 0.6 is 11.3 Å². The molecular weight excluding hydrogens is 374 g/mol. The average molecular weight is 406 g/mol. The van der Waals surface area contributed by atoms with Crippen LogP contribution in [0, 0.1) is 6.92 Å². The van der Waals surface area contributed by atoms with Crippen LogP contribution in [0.2, 0.25) is 0 Å². The molecule has 0 saturated heterocycles. The standard InChI is InChI=1S/C21H31N3O3S/c1-7-22-21(24-14(2)10-17-9-8-15(3)28-17)23-13-16-11-18(25-4)20(27-6)19(12-16)26-5/h8-9,11-12,14H,7,10,13H2,1-6H3,(H2,22,23,24). The van der Waals surface area contributed by atoms with Crippen molar-refractivity contribution in [3.05, 3.63) is 39.6 Å². The Balaban J connectivity index is 2.11. The SMILES string of the molecule is CCNC(=NCc1cc(OC)c(OC)c(OC)c1)NC(C)Cc1ccc(C)s1. The van der Waals surface area contributed by atoms with Crippen molar-refractivity contribution in [2.45, 2.75) is 39.8 Å². The van der Waals surface area contributed by atoms with Gasteiger partial charge in [-0.25, -0.2) is 4.99 Å². The van der Waals surface area contributed by atoms with Crippen LogP contribution in [0.15, 0.2) is 29.3 Å². The lowest BCUT2D eigenvalue weighted by Crippen LogP contribution is -2.43. The molecule has 2 aromatic rings. The summed E-state index contributed by atoms with van der Waals surface area (Å²) in [5.41, 5.74) is 0.980. The molecule has 0 saturated carbocycles. The van der Waals surface area contributed by atoms with Crippen LogP contribution in [0.5, 0.6) is 17.2 Å². The van der Waals surface area contributed by atoms with Gasteiger partial charge in [0.25, 0.3) is 0 Å². The number of ether oxygens (including phenoxy) is 3. The number of nitrogens with zero attached hydrogens (tertiary/aromatic N) is 1. The average Bonchev–Trinajstić information content (AvgIpc) is 3.09. The van der Waals surface area contributed by atoms with E-state index in [1.165, 1.54) is 9.75 Å². The number of benzene rings is 1. The number of hydrogen-bond acceptors (Lipinski definition) is 5. The summed E-state index contributed by atoms with van der Waals surface area (Å²) in [6.07, 6.45) is 0.965. The van der Waals surface area contributed by atoms with Gasteiger partial charge in [0.05, 0.1) is 27.9 Å². The third-order valence-corrected chi connectivity index (χ3v) is 5.20. The van der Waals surface area contributed by atoms with E-state index < -0.39 is 0 Å². The third kappa shape index (κ3) is 6.05. The summed E-state index contributed by atoms with van der Waals surface area (Å²) in [7, 11) is 4.83. The first-order valence-corrected chi connectivity index (χ1v) is 10.2. The Kier molecular flexibility index (Phi) is 8.44. The summed E-state index contributed by atoms with van der Waals surface area (Å²) < 4.78 is 16.2. The van der Waals surface area contributed by atoms with E-state index in [0.717, 1.165) is 24.5 Å². The number of aryl methyl sites for hydroxylation is 1. The normalized spacial score (nSPS) is 12.4. The van der Waals surface area contributed by atoms with Gasteiger partial charge in [-0.1, -0.05) is 0 Å². The van der Waals surface area contributed by atoms with Gasteiger partial charge in [-0.15, -0.1) is 11.3 Å².